The molecule has 2 rings (SSSR count). The Morgan fingerprint density at radius 3 is 3.06 bits per heavy atom. The summed E-state index contributed by atoms with van der Waals surface area (Å²) in [6.07, 6.45) is 2.50. The first kappa shape index (κ1) is 10.6. The molecule has 0 unspecified atom stereocenters. The van der Waals surface area contributed by atoms with Crippen LogP contribution in [-0.4, -0.2) is 17.6 Å². The number of rotatable bonds is 3. The summed E-state index contributed by atoms with van der Waals surface area (Å²) in [4.78, 5) is 14.9. The van der Waals surface area contributed by atoms with Crippen molar-refractivity contribution in [1.82, 2.24) is 4.98 Å². The second kappa shape index (κ2) is 4.75. The number of hydrogen-bond acceptors (Lipinski definition) is 3. The second-order valence-electron chi connectivity index (χ2n) is 3.62. The van der Waals surface area contributed by atoms with Crippen molar-refractivity contribution in [3.63, 3.8) is 0 Å². The monoisotopic (exact) mass is 215 g/mol. The highest BCUT2D eigenvalue weighted by atomic mass is 16.5. The summed E-state index contributed by atoms with van der Waals surface area (Å²) >= 11 is 0. The number of esters is 1. The molecular formula is C13H13NO2. The van der Waals surface area contributed by atoms with Crippen molar-refractivity contribution in [2.24, 2.45) is 0 Å². The Balaban J connectivity index is 2.10. The van der Waals surface area contributed by atoms with Gasteiger partial charge in [-0.25, -0.2) is 0 Å². The van der Waals surface area contributed by atoms with Gasteiger partial charge in [-0.05, 0) is 17.7 Å². The van der Waals surface area contributed by atoms with E-state index >= 15 is 0 Å². The Hall–Kier alpha value is -1.90. The molecule has 16 heavy (non-hydrogen) atoms. The highest BCUT2D eigenvalue weighted by Gasteiger charge is 1.98. The van der Waals surface area contributed by atoms with E-state index in [-0.39, 0.29) is 5.97 Å². The third kappa shape index (κ3) is 2.57. The fourth-order valence-electron chi connectivity index (χ4n) is 1.58. The molecule has 0 atom stereocenters. The zero-order valence-electron chi connectivity index (χ0n) is 9.14. The summed E-state index contributed by atoms with van der Waals surface area (Å²) in [6.45, 7) is 1.84. The van der Waals surface area contributed by atoms with Gasteiger partial charge in [-0.3, -0.25) is 9.78 Å². The Kier molecular flexibility index (Phi) is 3.15. The van der Waals surface area contributed by atoms with Crippen LogP contribution in [0.2, 0.25) is 0 Å². The van der Waals surface area contributed by atoms with Crippen molar-refractivity contribution >= 4 is 16.9 Å². The molecule has 0 aliphatic carbocycles. The number of fused-ring (bicyclic) bond motifs is 1. The van der Waals surface area contributed by atoms with Crippen LogP contribution in [0, 0.1) is 0 Å². The minimum atomic E-state index is -0.237. The molecule has 2 aromatic rings. The molecule has 0 aliphatic rings. The Morgan fingerprint density at radius 1 is 1.38 bits per heavy atom. The summed E-state index contributed by atoms with van der Waals surface area (Å²) in [6, 6.07) is 10.0. The van der Waals surface area contributed by atoms with Gasteiger partial charge in [-0.2, -0.15) is 0 Å². The largest absolute Gasteiger partial charge is 0.466 e. The van der Waals surface area contributed by atoms with E-state index in [9.17, 15) is 4.79 Å². The van der Waals surface area contributed by atoms with Crippen LogP contribution >= 0.6 is 0 Å². The van der Waals surface area contributed by atoms with Crippen LogP contribution in [0.3, 0.4) is 0 Å². The molecule has 0 saturated heterocycles. The SMILES string of the molecule is CC(=O)OCCc1ccc2cccnc2c1. The molecule has 1 heterocycles. The maximum Gasteiger partial charge on any atom is 0.302 e. The first-order valence-corrected chi connectivity index (χ1v) is 5.23. The lowest BCUT2D eigenvalue weighted by atomic mass is 10.1. The minimum absolute atomic E-state index is 0.237. The van der Waals surface area contributed by atoms with Crippen LogP contribution < -0.4 is 0 Å². The number of carbonyl (C=O) groups excluding carboxylic acids is 1. The van der Waals surface area contributed by atoms with Crippen molar-refractivity contribution in [2.45, 2.75) is 13.3 Å². The van der Waals surface area contributed by atoms with Crippen LogP contribution in [0.5, 0.6) is 0 Å². The molecule has 1 aromatic heterocycles. The molecule has 0 N–H and O–H groups in total. The predicted molar refractivity (Wildman–Crippen MR) is 62.1 cm³/mol. The van der Waals surface area contributed by atoms with E-state index in [0.717, 1.165) is 22.9 Å². The zero-order chi connectivity index (χ0) is 11.4. The first-order chi connectivity index (χ1) is 7.75. The van der Waals surface area contributed by atoms with Gasteiger partial charge >= 0.3 is 5.97 Å². The number of pyridine rings is 1. The van der Waals surface area contributed by atoms with Gasteiger partial charge in [0.2, 0.25) is 0 Å². The van der Waals surface area contributed by atoms with E-state index in [4.69, 9.17) is 4.74 Å². The maximum atomic E-state index is 10.6. The van der Waals surface area contributed by atoms with E-state index in [0.29, 0.717) is 6.61 Å². The minimum Gasteiger partial charge on any atom is -0.466 e. The predicted octanol–water partition coefficient (Wildman–Crippen LogP) is 2.34. The standard InChI is InChI=1S/C13H13NO2/c1-10(15)16-8-6-11-4-5-12-3-2-7-14-13(12)9-11/h2-5,7,9H,6,8H2,1H3. The third-order valence-corrected chi connectivity index (χ3v) is 2.37. The molecule has 0 spiro atoms. The van der Waals surface area contributed by atoms with E-state index in [1.54, 1.807) is 6.20 Å². The van der Waals surface area contributed by atoms with Gasteiger partial charge < -0.3 is 4.74 Å². The summed E-state index contributed by atoms with van der Waals surface area (Å²) in [5, 5.41) is 1.12. The van der Waals surface area contributed by atoms with E-state index < -0.39 is 0 Å². The maximum absolute atomic E-state index is 10.6. The summed E-state index contributed by atoms with van der Waals surface area (Å²) in [5.74, 6) is -0.237. The summed E-state index contributed by atoms with van der Waals surface area (Å²) in [7, 11) is 0. The van der Waals surface area contributed by atoms with Crippen molar-refractivity contribution in [2.75, 3.05) is 6.61 Å². The number of hydrogen-bond donors (Lipinski definition) is 0. The quantitative estimate of drug-likeness (QED) is 0.738. The molecule has 82 valence electrons. The average Bonchev–Trinajstić information content (AvgIpc) is 2.28. The van der Waals surface area contributed by atoms with Crippen molar-refractivity contribution in [1.29, 1.82) is 0 Å². The van der Waals surface area contributed by atoms with Crippen LogP contribution in [-0.2, 0) is 16.0 Å². The van der Waals surface area contributed by atoms with Crippen molar-refractivity contribution in [3.05, 3.63) is 42.1 Å². The molecule has 3 nitrogen and oxygen atoms in total. The Labute approximate surface area is 94.1 Å². The van der Waals surface area contributed by atoms with Crippen molar-refractivity contribution < 1.29 is 9.53 Å². The summed E-state index contributed by atoms with van der Waals surface area (Å²) < 4.78 is 4.90. The topological polar surface area (TPSA) is 39.2 Å². The molecule has 0 amide bonds. The number of benzene rings is 1. The molecule has 3 heteroatoms. The van der Waals surface area contributed by atoms with E-state index in [1.807, 2.05) is 30.3 Å². The lowest BCUT2D eigenvalue weighted by Gasteiger charge is -2.03. The molecule has 0 saturated carbocycles. The van der Waals surface area contributed by atoms with Crippen molar-refractivity contribution in [3.8, 4) is 0 Å². The fourth-order valence-corrected chi connectivity index (χ4v) is 1.58. The molecular weight excluding hydrogens is 202 g/mol. The first-order valence-electron chi connectivity index (χ1n) is 5.23. The zero-order valence-corrected chi connectivity index (χ0v) is 9.14. The van der Waals surface area contributed by atoms with Gasteiger partial charge in [-0.15, -0.1) is 0 Å². The highest BCUT2D eigenvalue weighted by molar-refractivity contribution is 5.78. The van der Waals surface area contributed by atoms with Gasteiger partial charge in [0.25, 0.3) is 0 Å². The third-order valence-electron chi connectivity index (χ3n) is 2.37. The number of carbonyl (C=O) groups is 1. The van der Waals surface area contributed by atoms with Gasteiger partial charge in [0.05, 0.1) is 12.1 Å². The van der Waals surface area contributed by atoms with E-state index in [1.165, 1.54) is 6.92 Å². The van der Waals surface area contributed by atoms with Gasteiger partial charge in [0.1, 0.15) is 0 Å². The second-order valence-corrected chi connectivity index (χ2v) is 3.62. The highest BCUT2D eigenvalue weighted by Crippen LogP contribution is 2.13. The smallest absolute Gasteiger partial charge is 0.302 e. The van der Waals surface area contributed by atoms with Crippen LogP contribution in [0.25, 0.3) is 10.9 Å². The lowest BCUT2D eigenvalue weighted by molar-refractivity contribution is -0.140. The van der Waals surface area contributed by atoms with Crippen LogP contribution in [0.15, 0.2) is 36.5 Å². The summed E-state index contributed by atoms with van der Waals surface area (Å²) in [5.41, 5.74) is 2.11. The average molecular weight is 215 g/mol. The van der Waals surface area contributed by atoms with Crippen LogP contribution in [0.1, 0.15) is 12.5 Å². The molecule has 0 radical (unpaired) electrons. The molecule has 0 aliphatic heterocycles. The van der Waals surface area contributed by atoms with Gasteiger partial charge in [0.15, 0.2) is 0 Å². The number of aromatic nitrogens is 1. The van der Waals surface area contributed by atoms with E-state index in [2.05, 4.69) is 4.98 Å². The van der Waals surface area contributed by atoms with Gasteiger partial charge in [0, 0.05) is 24.9 Å². The lowest BCUT2D eigenvalue weighted by Crippen LogP contribution is -2.03. The molecule has 1 aromatic carbocycles. The number of ether oxygens (including phenoxy) is 1. The molecule has 0 fully saturated rings. The fraction of sp³-hybridized carbons (Fsp3) is 0.231. The van der Waals surface area contributed by atoms with Crippen LogP contribution in [0.4, 0.5) is 0 Å². The van der Waals surface area contributed by atoms with Gasteiger partial charge in [-0.1, -0.05) is 18.2 Å². The number of nitrogens with zero attached hydrogens (tertiary/aromatic N) is 1. The Morgan fingerprint density at radius 2 is 2.25 bits per heavy atom. The normalized spacial score (nSPS) is 10.3. The molecule has 0 bridgehead atoms. The Bertz CT molecular complexity index is 508.